The van der Waals surface area contributed by atoms with Gasteiger partial charge in [0.2, 0.25) is 28.6 Å². The molecule has 20 nitrogen and oxygen atoms in total. The molecule has 15 heterocycles. The number of anilines is 13. The standard InChI is InChI=1S/C26H21N3O.C22H19N3O.2C21H19N3O.C17H17N3O/c1-17-14-15-20-21-11-8-16-27-26(21)30-25(20)24(17)29-18(2)28(19-9-4-3-5-10-19)22-12-6-7-13-23(22)29;1-15-10-11-18-19-9-6-12-23-22(19)26-21(18)20(15)25-14-13-24(16(25)2)17-7-4-3-5-8-17;2*1-13-10-11-15-16-7-6-12-22-21(16)25-20(15)19(13)24-14(2)23(3)17-8-4-5-9-18(17)24;1-11-6-7-13-14-5-4-8-18-17(14)21-16(13)15(11)20-10-9-19(3)12(20)2/h3-16,18H,1-2H3;3-14,16H,1-2H3;2*4-12,14H,1-3H3;4-10,12H,1-3H3/i;;3D3;;3D3. The quantitative estimate of drug-likeness (QED) is 0.148. The number of pyridine rings is 5. The third-order valence-electron chi connectivity index (χ3n) is 25.4. The van der Waals surface area contributed by atoms with Gasteiger partial charge in [-0.3, -0.25) is 0 Å². The largest absolute Gasteiger partial charge is 0.435 e. The normalized spacial score (nSPS) is 17.8. The molecule has 0 radical (unpaired) electrons. The SMILES string of the molecule is Cc1ccc2c(oc3ncccc32)c1N1C=CN(c2ccccc2)C1C.Cc1ccc2c(oc3ncccc32)c1N1c2ccccc2N(C)C1C.Cc1ccc2c(oc3ncccc32)c1N1c2ccccc2N(c2ccccc2)C1C.[2H]C([2H])([2H])N1C=CN(c2c(C)ccc3c2oc2ncccc23)C1C.[2H]C([2H])([2H])N1c2ccccc2N(c2c(C)ccc3c2oc2ncccc23)C1C. The topological polar surface area (TPSA) is 163 Å². The van der Waals surface area contributed by atoms with E-state index >= 15 is 0 Å². The van der Waals surface area contributed by atoms with Gasteiger partial charge in [0.05, 0.1) is 62.6 Å². The average Bonchev–Trinajstić information content (AvgIpc) is 1.57. The molecule has 628 valence electrons. The second kappa shape index (κ2) is 31.6. The lowest BCUT2D eigenvalue weighted by Gasteiger charge is -2.31. The zero-order valence-electron chi connectivity index (χ0n) is 78.1. The molecule has 5 atom stereocenters. The highest BCUT2D eigenvalue weighted by Gasteiger charge is 2.40. The summed E-state index contributed by atoms with van der Waals surface area (Å²) in [5, 5.41) is 10.3. The van der Waals surface area contributed by atoms with Crippen LogP contribution in [0.2, 0.25) is 0 Å². The monoisotopic (exact) mass is 1680 g/mol. The molecule has 0 saturated heterocycles. The molecule has 10 aromatic heterocycles. The van der Waals surface area contributed by atoms with Crippen LogP contribution in [-0.4, -0.2) is 81.6 Å². The van der Waals surface area contributed by atoms with Crippen LogP contribution >= 0.6 is 0 Å². The minimum absolute atomic E-state index is 0.0928. The number of benzene rings is 10. The lowest BCUT2D eigenvalue weighted by molar-refractivity contribution is 0.383. The lowest BCUT2D eigenvalue weighted by Crippen LogP contribution is -2.36. The van der Waals surface area contributed by atoms with Gasteiger partial charge in [0.15, 0.2) is 27.9 Å². The van der Waals surface area contributed by atoms with Crippen LogP contribution in [-0.2, 0) is 0 Å². The molecule has 0 aliphatic carbocycles. The van der Waals surface area contributed by atoms with Crippen LogP contribution in [0.1, 0.15) is 70.7 Å². The number of nitrogens with zero attached hydrogens (tertiary/aromatic N) is 15. The molecule has 25 rings (SSSR count). The van der Waals surface area contributed by atoms with E-state index in [-0.39, 0.29) is 24.7 Å². The van der Waals surface area contributed by atoms with Crippen molar-refractivity contribution >= 4 is 184 Å². The van der Waals surface area contributed by atoms with Crippen molar-refractivity contribution < 1.29 is 30.3 Å². The molecule has 0 saturated carbocycles. The second-order valence-corrected chi connectivity index (χ2v) is 32.8. The molecule has 0 amide bonds. The number of aromatic nitrogens is 5. The molecule has 20 heteroatoms. The molecular formula is C107H95N15O5. The first-order valence-electron chi connectivity index (χ1n) is 45.8. The summed E-state index contributed by atoms with van der Waals surface area (Å²) in [6, 6.07) is 86.5. The number of aryl methyl sites for hydroxylation is 5. The van der Waals surface area contributed by atoms with E-state index in [2.05, 4.69) is 278 Å². The van der Waals surface area contributed by atoms with Crippen molar-refractivity contribution in [3.63, 3.8) is 0 Å². The molecule has 0 N–H and O–H groups in total. The van der Waals surface area contributed by atoms with Gasteiger partial charge in [0.1, 0.15) is 30.8 Å². The van der Waals surface area contributed by atoms with Crippen LogP contribution in [0.5, 0.6) is 0 Å². The van der Waals surface area contributed by atoms with Gasteiger partial charge < -0.3 is 71.1 Å². The molecule has 0 bridgehead atoms. The minimum Gasteiger partial charge on any atom is -0.435 e. The number of hydrogen-bond donors (Lipinski definition) is 0. The maximum absolute atomic E-state index is 8.05. The third kappa shape index (κ3) is 13.0. The molecule has 0 spiro atoms. The number of rotatable bonds is 7. The predicted octanol–water partition coefficient (Wildman–Crippen LogP) is 26.7. The zero-order valence-corrected chi connectivity index (χ0v) is 72.1. The van der Waals surface area contributed by atoms with Crippen molar-refractivity contribution in [2.24, 2.45) is 0 Å². The van der Waals surface area contributed by atoms with Crippen LogP contribution in [0, 0.1) is 34.6 Å². The summed E-state index contributed by atoms with van der Waals surface area (Å²) in [7, 11) is 2.14. The fourth-order valence-electron chi connectivity index (χ4n) is 19.0. The summed E-state index contributed by atoms with van der Waals surface area (Å²) in [4.78, 5) is 42.7. The Morgan fingerprint density at radius 1 is 0.244 bits per heavy atom. The lowest BCUT2D eigenvalue weighted by atomic mass is 10.1. The van der Waals surface area contributed by atoms with E-state index in [1.54, 1.807) is 43.4 Å². The highest BCUT2D eigenvalue weighted by molar-refractivity contribution is 6.14. The Hall–Kier alpha value is -15.6. The minimum atomic E-state index is -2.25. The number of fused-ring (bicyclic) bond motifs is 18. The zero-order chi connectivity index (χ0) is 91.7. The first kappa shape index (κ1) is 71.9. The van der Waals surface area contributed by atoms with Gasteiger partial charge in [0, 0.05) is 150 Å². The Morgan fingerprint density at radius 3 is 0.906 bits per heavy atom. The fraction of sp³-hybridized carbons (Fsp3) is 0.168. The van der Waals surface area contributed by atoms with Gasteiger partial charge in [-0.05, 0) is 218 Å². The summed E-state index contributed by atoms with van der Waals surface area (Å²) < 4.78 is 78.0. The van der Waals surface area contributed by atoms with Gasteiger partial charge in [-0.15, -0.1) is 0 Å². The van der Waals surface area contributed by atoms with Crippen molar-refractivity contribution in [2.45, 2.75) is 100 Å². The number of para-hydroxylation sites is 8. The van der Waals surface area contributed by atoms with Crippen molar-refractivity contribution in [3.05, 3.63) is 338 Å². The maximum atomic E-state index is 8.05. The van der Waals surface area contributed by atoms with Gasteiger partial charge in [-0.25, -0.2) is 24.9 Å². The molecule has 0 fully saturated rings. The molecule has 5 aliphatic rings. The second-order valence-electron chi connectivity index (χ2n) is 32.8. The Balaban J connectivity index is 0.000000100. The Labute approximate surface area is 744 Å². The summed E-state index contributed by atoms with van der Waals surface area (Å²) >= 11 is 0. The van der Waals surface area contributed by atoms with E-state index in [0.717, 1.165) is 127 Å². The highest BCUT2D eigenvalue weighted by atomic mass is 16.4. The summed E-state index contributed by atoms with van der Waals surface area (Å²) in [6.45, 7) is 16.4. The van der Waals surface area contributed by atoms with E-state index in [1.807, 2.05) is 130 Å². The van der Waals surface area contributed by atoms with Crippen LogP contribution in [0.4, 0.5) is 73.9 Å². The average molecular weight is 1680 g/mol. The molecule has 5 aliphatic heterocycles. The van der Waals surface area contributed by atoms with E-state index in [4.69, 9.17) is 30.3 Å². The predicted molar refractivity (Wildman–Crippen MR) is 520 cm³/mol. The van der Waals surface area contributed by atoms with Gasteiger partial charge in [-0.1, -0.05) is 133 Å². The van der Waals surface area contributed by atoms with Crippen molar-refractivity contribution in [3.8, 4) is 0 Å². The van der Waals surface area contributed by atoms with Crippen molar-refractivity contribution in [1.29, 1.82) is 0 Å². The van der Waals surface area contributed by atoms with E-state index in [0.29, 0.717) is 34.3 Å². The summed E-state index contributed by atoms with van der Waals surface area (Å²) in [5.74, 6) is 0. The molecule has 127 heavy (non-hydrogen) atoms. The summed E-state index contributed by atoms with van der Waals surface area (Å²) in [5.41, 5.74) is 26.8. The molecule has 10 aromatic carbocycles. The van der Waals surface area contributed by atoms with E-state index < -0.39 is 20.1 Å². The molecule has 5 unspecified atom stereocenters. The van der Waals surface area contributed by atoms with Crippen LogP contribution in [0.3, 0.4) is 0 Å². The number of furan rings is 5. The van der Waals surface area contributed by atoms with Crippen molar-refractivity contribution in [1.82, 2.24) is 29.8 Å². The maximum Gasteiger partial charge on any atom is 0.227 e. The first-order chi connectivity index (χ1) is 64.4. The van der Waals surface area contributed by atoms with E-state index in [9.17, 15) is 0 Å². The highest BCUT2D eigenvalue weighted by Crippen LogP contribution is 2.54. The van der Waals surface area contributed by atoms with Gasteiger partial charge in [-0.2, -0.15) is 0 Å². The Kier molecular flexibility index (Phi) is 17.9. The molecular weight excluding hydrogens is 1580 g/mol. The number of hydrogen-bond acceptors (Lipinski definition) is 20. The first-order valence-corrected chi connectivity index (χ1v) is 42.8. The van der Waals surface area contributed by atoms with Crippen LogP contribution in [0.15, 0.2) is 333 Å². The van der Waals surface area contributed by atoms with Gasteiger partial charge >= 0.3 is 0 Å². The Bertz CT molecular complexity index is 7970. The van der Waals surface area contributed by atoms with Gasteiger partial charge in [0.25, 0.3) is 0 Å². The van der Waals surface area contributed by atoms with Crippen LogP contribution in [0.25, 0.3) is 110 Å². The van der Waals surface area contributed by atoms with E-state index in [1.165, 1.54) is 60.6 Å². The van der Waals surface area contributed by atoms with Crippen molar-refractivity contribution in [2.75, 3.05) is 65.1 Å². The summed E-state index contributed by atoms with van der Waals surface area (Å²) in [6.07, 6.45) is 16.1. The van der Waals surface area contributed by atoms with Crippen LogP contribution < -0.4 is 44.1 Å². The third-order valence-corrected chi connectivity index (χ3v) is 25.4. The Morgan fingerprint density at radius 2 is 0.535 bits per heavy atom. The fourth-order valence-corrected chi connectivity index (χ4v) is 19.0. The smallest absolute Gasteiger partial charge is 0.227 e. The molecule has 20 aromatic rings.